The Balaban J connectivity index is 1.59. The van der Waals surface area contributed by atoms with Gasteiger partial charge in [-0.2, -0.15) is 5.10 Å². The van der Waals surface area contributed by atoms with Crippen molar-refractivity contribution in [3.8, 4) is 0 Å². The number of hydrogen-bond acceptors (Lipinski definition) is 3. The summed E-state index contributed by atoms with van der Waals surface area (Å²) >= 11 is 11.7. The van der Waals surface area contributed by atoms with Crippen LogP contribution < -0.4 is 0 Å². The van der Waals surface area contributed by atoms with E-state index in [0.29, 0.717) is 11.2 Å². The standard InChI is InChI=1S/C20H17ClN4S/c21-17-9-5-4-8-15(17)12-25-13-16-19(24-25)22-18(23-20(16)26)11-10-14-6-2-1-3-7-14/h1-9,13H,10-12H2,(H,22,23,24,26). The van der Waals surface area contributed by atoms with Crippen LogP contribution in [-0.2, 0) is 19.4 Å². The zero-order valence-electron chi connectivity index (χ0n) is 14.0. The number of hydrogen-bond donors (Lipinski definition) is 1. The topological polar surface area (TPSA) is 46.5 Å². The number of benzene rings is 2. The Labute approximate surface area is 161 Å². The lowest BCUT2D eigenvalue weighted by Crippen LogP contribution is -2.01. The molecule has 0 saturated heterocycles. The first-order valence-electron chi connectivity index (χ1n) is 8.43. The van der Waals surface area contributed by atoms with E-state index < -0.39 is 0 Å². The van der Waals surface area contributed by atoms with Crippen molar-refractivity contribution in [2.45, 2.75) is 19.4 Å². The zero-order valence-corrected chi connectivity index (χ0v) is 15.6. The number of aromatic amines is 1. The number of nitrogens with one attached hydrogen (secondary N) is 1. The van der Waals surface area contributed by atoms with E-state index in [9.17, 15) is 0 Å². The summed E-state index contributed by atoms with van der Waals surface area (Å²) in [6.07, 6.45) is 3.62. The molecule has 4 nitrogen and oxygen atoms in total. The van der Waals surface area contributed by atoms with Gasteiger partial charge in [-0.25, -0.2) is 4.98 Å². The number of aryl methyl sites for hydroxylation is 2. The Bertz CT molecular complexity index is 1100. The normalized spacial score (nSPS) is 11.1. The number of H-pyrrole nitrogens is 1. The Morgan fingerprint density at radius 3 is 2.58 bits per heavy atom. The molecule has 0 spiro atoms. The fraction of sp³-hybridized carbons (Fsp3) is 0.150. The third-order valence-corrected chi connectivity index (χ3v) is 4.95. The summed E-state index contributed by atoms with van der Waals surface area (Å²) in [5, 5.41) is 6.21. The second-order valence-corrected chi connectivity index (χ2v) is 6.95. The first-order valence-corrected chi connectivity index (χ1v) is 9.21. The molecular formula is C20H17ClN4S. The van der Waals surface area contributed by atoms with E-state index in [1.807, 2.05) is 53.3 Å². The van der Waals surface area contributed by atoms with E-state index in [1.165, 1.54) is 5.56 Å². The maximum Gasteiger partial charge on any atom is 0.163 e. The maximum atomic E-state index is 6.25. The van der Waals surface area contributed by atoms with Gasteiger partial charge in [0.1, 0.15) is 10.5 Å². The molecule has 0 saturated carbocycles. The number of fused-ring (bicyclic) bond motifs is 1. The van der Waals surface area contributed by atoms with Crippen LogP contribution in [0.1, 0.15) is 17.0 Å². The summed E-state index contributed by atoms with van der Waals surface area (Å²) in [5.74, 6) is 0.856. The van der Waals surface area contributed by atoms with E-state index >= 15 is 0 Å². The van der Waals surface area contributed by atoms with Gasteiger partial charge in [0.05, 0.1) is 11.9 Å². The summed E-state index contributed by atoms with van der Waals surface area (Å²) in [5.41, 5.74) is 3.06. The van der Waals surface area contributed by atoms with Gasteiger partial charge in [-0.05, 0) is 23.6 Å². The van der Waals surface area contributed by atoms with Gasteiger partial charge in [0.2, 0.25) is 0 Å². The lowest BCUT2D eigenvalue weighted by atomic mass is 10.1. The molecule has 6 heteroatoms. The van der Waals surface area contributed by atoms with Gasteiger partial charge in [-0.15, -0.1) is 0 Å². The maximum absolute atomic E-state index is 6.25. The highest BCUT2D eigenvalue weighted by Crippen LogP contribution is 2.18. The van der Waals surface area contributed by atoms with Crippen LogP contribution >= 0.6 is 23.8 Å². The monoisotopic (exact) mass is 380 g/mol. The molecule has 4 rings (SSSR count). The lowest BCUT2D eigenvalue weighted by molar-refractivity contribution is 0.692. The van der Waals surface area contributed by atoms with Gasteiger partial charge >= 0.3 is 0 Å². The first kappa shape index (κ1) is 16.9. The van der Waals surface area contributed by atoms with E-state index in [0.717, 1.165) is 40.3 Å². The van der Waals surface area contributed by atoms with Crippen LogP contribution in [0.2, 0.25) is 5.02 Å². The van der Waals surface area contributed by atoms with Gasteiger partial charge in [0.25, 0.3) is 0 Å². The molecule has 0 fully saturated rings. The molecule has 0 aliphatic heterocycles. The molecule has 26 heavy (non-hydrogen) atoms. The SMILES string of the molecule is S=c1nc(CCc2ccccc2)[nH]c2nn(Cc3ccccc3Cl)cc12. The smallest absolute Gasteiger partial charge is 0.163 e. The largest absolute Gasteiger partial charge is 0.326 e. The molecule has 2 aromatic carbocycles. The van der Waals surface area contributed by atoms with Gasteiger partial charge in [0, 0.05) is 17.6 Å². The highest BCUT2D eigenvalue weighted by molar-refractivity contribution is 7.71. The van der Waals surface area contributed by atoms with Crippen molar-refractivity contribution in [2.24, 2.45) is 0 Å². The Morgan fingerprint density at radius 2 is 1.77 bits per heavy atom. The van der Waals surface area contributed by atoms with Crippen LogP contribution in [-0.4, -0.2) is 19.7 Å². The summed E-state index contributed by atoms with van der Waals surface area (Å²) in [7, 11) is 0. The highest BCUT2D eigenvalue weighted by atomic mass is 35.5. The quantitative estimate of drug-likeness (QED) is 0.497. The minimum Gasteiger partial charge on any atom is -0.326 e. The van der Waals surface area contributed by atoms with E-state index in [4.69, 9.17) is 23.8 Å². The molecule has 0 radical (unpaired) electrons. The van der Waals surface area contributed by atoms with Crippen LogP contribution in [0.3, 0.4) is 0 Å². The summed E-state index contributed by atoms with van der Waals surface area (Å²) in [4.78, 5) is 7.85. The van der Waals surface area contributed by atoms with Crippen LogP contribution in [0.25, 0.3) is 11.0 Å². The van der Waals surface area contributed by atoms with Gasteiger partial charge in [0.15, 0.2) is 5.65 Å². The fourth-order valence-electron chi connectivity index (χ4n) is 2.93. The third kappa shape index (κ3) is 3.69. The van der Waals surface area contributed by atoms with E-state index in [2.05, 4.69) is 27.2 Å². The Hall–Kier alpha value is -2.50. The molecule has 130 valence electrons. The van der Waals surface area contributed by atoms with Crippen molar-refractivity contribution in [1.29, 1.82) is 0 Å². The minimum atomic E-state index is 0.576. The summed E-state index contributed by atoms with van der Waals surface area (Å²) < 4.78 is 2.42. The predicted molar refractivity (Wildman–Crippen MR) is 107 cm³/mol. The van der Waals surface area contributed by atoms with Crippen molar-refractivity contribution in [1.82, 2.24) is 19.7 Å². The lowest BCUT2D eigenvalue weighted by Gasteiger charge is -2.03. The van der Waals surface area contributed by atoms with Crippen LogP contribution in [0.5, 0.6) is 0 Å². The molecule has 0 unspecified atom stereocenters. The second-order valence-electron chi connectivity index (χ2n) is 6.15. The Kier molecular flexibility index (Phi) is 4.82. The number of aromatic nitrogens is 4. The number of halogens is 1. The molecule has 0 bridgehead atoms. The van der Waals surface area contributed by atoms with E-state index in [-0.39, 0.29) is 0 Å². The number of nitrogens with zero attached hydrogens (tertiary/aromatic N) is 3. The van der Waals surface area contributed by atoms with Crippen molar-refractivity contribution in [3.63, 3.8) is 0 Å². The molecule has 4 aromatic rings. The molecule has 0 aliphatic rings. The third-order valence-electron chi connectivity index (χ3n) is 4.27. The Morgan fingerprint density at radius 1 is 1.00 bits per heavy atom. The molecule has 1 N–H and O–H groups in total. The first-order chi connectivity index (χ1) is 12.7. The van der Waals surface area contributed by atoms with Gasteiger partial charge in [-0.3, -0.25) is 4.68 Å². The zero-order chi connectivity index (χ0) is 17.9. The predicted octanol–water partition coefficient (Wildman–Crippen LogP) is 4.98. The summed E-state index contributed by atoms with van der Waals surface area (Å²) in [6.45, 7) is 0.594. The van der Waals surface area contributed by atoms with E-state index in [1.54, 1.807) is 0 Å². The van der Waals surface area contributed by atoms with Crippen LogP contribution in [0.15, 0.2) is 60.8 Å². The summed E-state index contributed by atoms with van der Waals surface area (Å²) in [6, 6.07) is 18.1. The van der Waals surface area contributed by atoms with Crippen LogP contribution in [0.4, 0.5) is 0 Å². The molecular weight excluding hydrogens is 364 g/mol. The van der Waals surface area contributed by atoms with Crippen molar-refractivity contribution >= 4 is 34.9 Å². The van der Waals surface area contributed by atoms with Gasteiger partial charge < -0.3 is 4.98 Å². The van der Waals surface area contributed by atoms with Crippen molar-refractivity contribution < 1.29 is 0 Å². The second kappa shape index (κ2) is 7.40. The highest BCUT2D eigenvalue weighted by Gasteiger charge is 2.08. The molecule has 0 atom stereocenters. The minimum absolute atomic E-state index is 0.576. The average molecular weight is 381 g/mol. The van der Waals surface area contributed by atoms with Crippen molar-refractivity contribution in [2.75, 3.05) is 0 Å². The fourth-order valence-corrected chi connectivity index (χ4v) is 3.38. The molecule has 2 heterocycles. The van der Waals surface area contributed by atoms with Crippen LogP contribution in [0, 0.1) is 4.64 Å². The average Bonchev–Trinajstić information content (AvgIpc) is 3.06. The van der Waals surface area contributed by atoms with Gasteiger partial charge in [-0.1, -0.05) is 72.3 Å². The number of rotatable bonds is 5. The molecule has 2 aromatic heterocycles. The molecule has 0 aliphatic carbocycles. The van der Waals surface area contributed by atoms with Crippen molar-refractivity contribution in [3.05, 3.63) is 87.4 Å². The molecule has 0 amide bonds.